The standard InChI is InChI=1S/C17H21N3O2S/c1-12(2)22-15-8-4-3-6-13(15)19-17(21)20-10-5-7-14(20)16-18-9-11-23-16/h3-4,6,8-9,11-12,14H,5,7,10H2,1-2H3,(H,19,21)/t14-/m0/s1. The zero-order valence-electron chi connectivity index (χ0n) is 13.4. The van der Waals surface area contributed by atoms with Crippen LogP contribution in [0.25, 0.3) is 0 Å². The summed E-state index contributed by atoms with van der Waals surface area (Å²) in [5.41, 5.74) is 0.705. The Morgan fingerprint density at radius 1 is 1.43 bits per heavy atom. The van der Waals surface area contributed by atoms with Gasteiger partial charge >= 0.3 is 6.03 Å². The van der Waals surface area contributed by atoms with Gasteiger partial charge < -0.3 is 15.0 Å². The minimum Gasteiger partial charge on any atom is -0.489 e. The van der Waals surface area contributed by atoms with Gasteiger partial charge in [0.15, 0.2) is 0 Å². The first-order valence-electron chi connectivity index (χ1n) is 7.88. The Hall–Kier alpha value is -2.08. The fraction of sp³-hybridized carbons (Fsp3) is 0.412. The van der Waals surface area contributed by atoms with E-state index < -0.39 is 0 Å². The molecule has 2 amide bonds. The van der Waals surface area contributed by atoms with Gasteiger partial charge in [0, 0.05) is 18.1 Å². The van der Waals surface area contributed by atoms with Crippen molar-refractivity contribution in [2.45, 2.75) is 38.8 Å². The molecule has 1 aliphatic rings. The van der Waals surface area contributed by atoms with Crippen molar-refractivity contribution in [1.29, 1.82) is 0 Å². The quantitative estimate of drug-likeness (QED) is 0.909. The summed E-state index contributed by atoms with van der Waals surface area (Å²) in [4.78, 5) is 18.9. The molecule has 6 heteroatoms. The SMILES string of the molecule is CC(C)Oc1ccccc1NC(=O)N1CCC[C@H]1c1nccs1. The molecular weight excluding hydrogens is 310 g/mol. The maximum absolute atomic E-state index is 12.7. The van der Waals surface area contributed by atoms with Gasteiger partial charge in [0.05, 0.1) is 17.8 Å². The maximum atomic E-state index is 12.7. The van der Waals surface area contributed by atoms with Crippen LogP contribution in [0.3, 0.4) is 0 Å². The van der Waals surface area contributed by atoms with Crippen LogP contribution < -0.4 is 10.1 Å². The third-order valence-electron chi connectivity index (χ3n) is 3.74. The van der Waals surface area contributed by atoms with Crippen LogP contribution in [0, 0.1) is 0 Å². The van der Waals surface area contributed by atoms with E-state index in [1.807, 2.05) is 48.4 Å². The molecule has 122 valence electrons. The van der Waals surface area contributed by atoms with Crippen LogP contribution in [0.2, 0.25) is 0 Å². The predicted octanol–water partition coefficient (Wildman–Crippen LogP) is 4.30. The number of rotatable bonds is 4. The van der Waals surface area contributed by atoms with Gasteiger partial charge in [-0.05, 0) is 38.8 Å². The van der Waals surface area contributed by atoms with Crippen molar-refractivity contribution in [3.63, 3.8) is 0 Å². The highest BCUT2D eigenvalue weighted by atomic mass is 32.1. The molecule has 0 radical (unpaired) electrons. The van der Waals surface area contributed by atoms with Gasteiger partial charge in [-0.3, -0.25) is 0 Å². The molecule has 3 rings (SSSR count). The predicted molar refractivity (Wildman–Crippen MR) is 92.0 cm³/mol. The van der Waals surface area contributed by atoms with E-state index in [1.165, 1.54) is 0 Å². The largest absolute Gasteiger partial charge is 0.489 e. The van der Waals surface area contributed by atoms with Gasteiger partial charge in [0.2, 0.25) is 0 Å². The third-order valence-corrected chi connectivity index (χ3v) is 4.62. The van der Waals surface area contributed by atoms with Gasteiger partial charge in [-0.15, -0.1) is 11.3 Å². The Morgan fingerprint density at radius 2 is 2.26 bits per heavy atom. The summed E-state index contributed by atoms with van der Waals surface area (Å²) >= 11 is 1.60. The number of amides is 2. The van der Waals surface area contributed by atoms with Crippen molar-refractivity contribution < 1.29 is 9.53 Å². The molecule has 1 fully saturated rings. The van der Waals surface area contributed by atoms with Crippen molar-refractivity contribution >= 4 is 23.1 Å². The van der Waals surface area contributed by atoms with Crippen molar-refractivity contribution in [3.05, 3.63) is 40.8 Å². The lowest BCUT2D eigenvalue weighted by Gasteiger charge is -2.24. The Bertz CT molecular complexity index is 658. The number of thiazole rings is 1. The average molecular weight is 331 g/mol. The summed E-state index contributed by atoms with van der Waals surface area (Å²) in [6.45, 7) is 4.69. The number of benzene rings is 1. The molecule has 2 heterocycles. The molecule has 23 heavy (non-hydrogen) atoms. The number of carbonyl (C=O) groups is 1. The average Bonchev–Trinajstić information content (AvgIpc) is 3.19. The van der Waals surface area contributed by atoms with Crippen LogP contribution >= 0.6 is 11.3 Å². The molecule has 1 aromatic heterocycles. The van der Waals surface area contributed by atoms with E-state index in [0.29, 0.717) is 11.4 Å². The Balaban J connectivity index is 1.74. The monoisotopic (exact) mass is 331 g/mol. The van der Waals surface area contributed by atoms with Crippen LogP contribution in [-0.4, -0.2) is 28.6 Å². The maximum Gasteiger partial charge on any atom is 0.322 e. The zero-order chi connectivity index (χ0) is 16.2. The smallest absolute Gasteiger partial charge is 0.322 e. The van der Waals surface area contributed by atoms with Crippen molar-refractivity contribution in [2.24, 2.45) is 0 Å². The molecule has 2 aromatic rings. The molecule has 1 N–H and O–H groups in total. The first kappa shape index (κ1) is 15.8. The second kappa shape index (κ2) is 7.00. The lowest BCUT2D eigenvalue weighted by Crippen LogP contribution is -2.34. The topological polar surface area (TPSA) is 54.5 Å². The zero-order valence-corrected chi connectivity index (χ0v) is 14.2. The molecule has 1 atom stereocenters. The second-order valence-electron chi connectivity index (χ2n) is 5.81. The van der Waals surface area contributed by atoms with E-state index in [0.717, 1.165) is 24.4 Å². The number of nitrogens with zero attached hydrogens (tertiary/aromatic N) is 2. The summed E-state index contributed by atoms with van der Waals surface area (Å²) in [6, 6.07) is 7.52. The first-order valence-corrected chi connectivity index (χ1v) is 8.76. The molecule has 0 saturated carbocycles. The van der Waals surface area contributed by atoms with Crippen LogP contribution in [0.4, 0.5) is 10.5 Å². The molecular formula is C17H21N3O2S. The highest BCUT2D eigenvalue weighted by molar-refractivity contribution is 7.09. The number of para-hydroxylation sites is 2. The fourth-order valence-electron chi connectivity index (χ4n) is 2.78. The number of carbonyl (C=O) groups excluding carboxylic acids is 1. The normalized spacial score (nSPS) is 17.5. The van der Waals surface area contributed by atoms with E-state index in [-0.39, 0.29) is 18.2 Å². The third kappa shape index (κ3) is 3.64. The van der Waals surface area contributed by atoms with Gasteiger partial charge in [0.25, 0.3) is 0 Å². The number of aromatic nitrogens is 1. The number of likely N-dealkylation sites (tertiary alicyclic amines) is 1. The molecule has 0 spiro atoms. The highest BCUT2D eigenvalue weighted by Gasteiger charge is 2.31. The van der Waals surface area contributed by atoms with Crippen LogP contribution in [-0.2, 0) is 0 Å². The Kier molecular flexibility index (Phi) is 4.81. The van der Waals surface area contributed by atoms with Crippen molar-refractivity contribution in [1.82, 2.24) is 9.88 Å². The first-order chi connectivity index (χ1) is 11.1. The van der Waals surface area contributed by atoms with Crippen molar-refractivity contribution in [2.75, 3.05) is 11.9 Å². The summed E-state index contributed by atoms with van der Waals surface area (Å²) in [7, 11) is 0. The van der Waals surface area contributed by atoms with Gasteiger partial charge in [-0.2, -0.15) is 0 Å². The molecule has 0 bridgehead atoms. The minimum absolute atomic E-state index is 0.0582. The molecule has 0 aliphatic carbocycles. The second-order valence-corrected chi connectivity index (χ2v) is 6.74. The fourth-order valence-corrected chi connectivity index (χ4v) is 3.56. The number of urea groups is 1. The molecule has 1 aliphatic heterocycles. The van der Waals surface area contributed by atoms with Gasteiger partial charge in [-0.25, -0.2) is 9.78 Å². The van der Waals surface area contributed by atoms with Gasteiger partial charge in [-0.1, -0.05) is 12.1 Å². The summed E-state index contributed by atoms with van der Waals surface area (Å²) in [6.07, 6.45) is 3.82. The van der Waals surface area contributed by atoms with E-state index in [2.05, 4.69) is 10.3 Å². The summed E-state index contributed by atoms with van der Waals surface area (Å²) in [5, 5.41) is 5.95. The lowest BCUT2D eigenvalue weighted by atomic mass is 10.2. The molecule has 1 aromatic carbocycles. The molecule has 1 saturated heterocycles. The van der Waals surface area contributed by atoms with Crippen molar-refractivity contribution in [3.8, 4) is 5.75 Å². The molecule has 5 nitrogen and oxygen atoms in total. The number of nitrogens with one attached hydrogen (secondary N) is 1. The van der Waals surface area contributed by atoms with E-state index in [9.17, 15) is 4.79 Å². The lowest BCUT2D eigenvalue weighted by molar-refractivity contribution is 0.206. The van der Waals surface area contributed by atoms with E-state index in [4.69, 9.17) is 4.74 Å². The summed E-state index contributed by atoms with van der Waals surface area (Å²) < 4.78 is 5.76. The highest BCUT2D eigenvalue weighted by Crippen LogP contribution is 2.34. The van der Waals surface area contributed by atoms with Gasteiger partial charge in [0.1, 0.15) is 10.8 Å². The van der Waals surface area contributed by atoms with Crippen LogP contribution in [0.15, 0.2) is 35.8 Å². The number of anilines is 1. The Morgan fingerprint density at radius 3 is 3.00 bits per heavy atom. The Labute approximate surface area is 140 Å². The minimum atomic E-state index is -0.0949. The van der Waals surface area contributed by atoms with E-state index in [1.54, 1.807) is 17.5 Å². The molecule has 0 unspecified atom stereocenters. The van der Waals surface area contributed by atoms with E-state index >= 15 is 0 Å². The van der Waals surface area contributed by atoms with Crippen LogP contribution in [0.5, 0.6) is 5.75 Å². The number of ether oxygens (including phenoxy) is 1. The summed E-state index contributed by atoms with van der Waals surface area (Å²) in [5.74, 6) is 0.695. The number of hydrogen-bond acceptors (Lipinski definition) is 4. The van der Waals surface area contributed by atoms with Crippen LogP contribution in [0.1, 0.15) is 37.7 Å². The number of hydrogen-bond donors (Lipinski definition) is 1.